The van der Waals surface area contributed by atoms with Crippen LogP contribution in [0.2, 0.25) is 0 Å². The first-order valence-electron chi connectivity index (χ1n) is 11.9. The zero-order valence-electron chi connectivity index (χ0n) is 21.0. The molecule has 0 saturated carbocycles. The van der Waals surface area contributed by atoms with Crippen LogP contribution in [0.15, 0.2) is 79.0 Å². The van der Waals surface area contributed by atoms with Gasteiger partial charge in [0.05, 0.1) is 16.6 Å². The Morgan fingerprint density at radius 2 is 1.41 bits per heavy atom. The van der Waals surface area contributed by atoms with Crippen LogP contribution in [-0.4, -0.2) is 35.0 Å². The van der Waals surface area contributed by atoms with E-state index in [1.54, 1.807) is 0 Å². The zero-order valence-corrected chi connectivity index (χ0v) is 22.5. The van der Waals surface area contributed by atoms with E-state index in [1.165, 1.54) is 66.9 Å². The first-order chi connectivity index (χ1) is 19.5. The fourth-order valence-corrected chi connectivity index (χ4v) is 4.21. The van der Waals surface area contributed by atoms with E-state index in [2.05, 4.69) is 15.6 Å². The van der Waals surface area contributed by atoms with Gasteiger partial charge >= 0.3 is 6.18 Å². The molecule has 0 fully saturated rings. The SMILES string of the molecule is O=C(Cl)c1ccc(F)cc1.O=C(NCCCNc1ncc(C(=O)c2ccccc2C(F)(F)F)s1)c1ccc(F)cc1. The Bertz CT molecular complexity index is 1490. The summed E-state index contributed by atoms with van der Waals surface area (Å²) in [4.78, 5) is 38.9. The lowest BCUT2D eigenvalue weighted by Gasteiger charge is -2.10. The number of nitrogens with zero attached hydrogens (tertiary/aromatic N) is 1. The Labute approximate surface area is 240 Å². The minimum atomic E-state index is -4.63. The van der Waals surface area contributed by atoms with E-state index in [9.17, 15) is 36.3 Å². The van der Waals surface area contributed by atoms with Crippen molar-refractivity contribution in [3.05, 3.63) is 118 Å². The lowest BCUT2D eigenvalue weighted by atomic mass is 10.0. The van der Waals surface area contributed by atoms with Crippen LogP contribution in [-0.2, 0) is 6.18 Å². The van der Waals surface area contributed by atoms with Gasteiger partial charge in [0.1, 0.15) is 11.6 Å². The summed E-state index contributed by atoms with van der Waals surface area (Å²) in [6.07, 6.45) is -2.86. The molecule has 13 heteroatoms. The molecule has 41 heavy (non-hydrogen) atoms. The van der Waals surface area contributed by atoms with Gasteiger partial charge in [-0.25, -0.2) is 13.8 Å². The monoisotopic (exact) mass is 609 g/mol. The molecule has 0 bridgehead atoms. The number of thiazole rings is 1. The Hall–Kier alpha value is -4.16. The normalized spacial score (nSPS) is 10.8. The van der Waals surface area contributed by atoms with Crippen molar-refractivity contribution in [2.24, 2.45) is 0 Å². The molecule has 0 aliphatic heterocycles. The van der Waals surface area contributed by atoms with Crippen molar-refractivity contribution in [3.63, 3.8) is 0 Å². The molecule has 1 heterocycles. The molecular formula is C28H21ClF5N3O3S. The van der Waals surface area contributed by atoms with E-state index in [0.29, 0.717) is 35.8 Å². The third-order valence-electron chi connectivity index (χ3n) is 5.30. The number of anilines is 1. The van der Waals surface area contributed by atoms with Crippen molar-refractivity contribution >= 4 is 45.0 Å². The molecule has 4 rings (SSSR count). The second-order valence-electron chi connectivity index (χ2n) is 8.23. The second kappa shape index (κ2) is 14.5. The van der Waals surface area contributed by atoms with Gasteiger partial charge in [0.15, 0.2) is 5.13 Å². The average Bonchev–Trinajstić information content (AvgIpc) is 3.42. The summed E-state index contributed by atoms with van der Waals surface area (Å²) in [5.74, 6) is -1.87. The largest absolute Gasteiger partial charge is 0.417 e. The number of alkyl halides is 3. The Kier molecular flexibility index (Phi) is 11.1. The van der Waals surface area contributed by atoms with Gasteiger partial charge in [-0.15, -0.1) is 0 Å². The Morgan fingerprint density at radius 1 is 0.829 bits per heavy atom. The second-order valence-corrected chi connectivity index (χ2v) is 9.60. The smallest absolute Gasteiger partial charge is 0.361 e. The van der Waals surface area contributed by atoms with Gasteiger partial charge in [-0.1, -0.05) is 29.5 Å². The van der Waals surface area contributed by atoms with Crippen molar-refractivity contribution in [3.8, 4) is 0 Å². The zero-order chi connectivity index (χ0) is 30.0. The van der Waals surface area contributed by atoms with Gasteiger partial charge in [0, 0.05) is 29.8 Å². The Balaban J connectivity index is 0.000000389. The molecule has 214 valence electrons. The quantitative estimate of drug-likeness (QED) is 0.0926. The minimum Gasteiger partial charge on any atom is -0.361 e. The van der Waals surface area contributed by atoms with Gasteiger partial charge in [-0.3, -0.25) is 14.4 Å². The van der Waals surface area contributed by atoms with Crippen LogP contribution in [0.5, 0.6) is 0 Å². The summed E-state index contributed by atoms with van der Waals surface area (Å²) in [5.41, 5.74) is -0.756. The van der Waals surface area contributed by atoms with E-state index in [-0.39, 0.29) is 16.6 Å². The molecule has 0 aliphatic carbocycles. The summed E-state index contributed by atoms with van der Waals surface area (Å²) < 4.78 is 64.4. The van der Waals surface area contributed by atoms with E-state index >= 15 is 0 Å². The minimum absolute atomic E-state index is 0.0869. The maximum Gasteiger partial charge on any atom is 0.417 e. The van der Waals surface area contributed by atoms with Gasteiger partial charge in [-0.05, 0) is 72.6 Å². The number of halogens is 6. The van der Waals surface area contributed by atoms with Gasteiger partial charge in [0.2, 0.25) is 5.78 Å². The fraction of sp³-hybridized carbons (Fsp3) is 0.143. The van der Waals surface area contributed by atoms with Crippen LogP contribution in [0.1, 0.15) is 47.9 Å². The molecule has 0 unspecified atom stereocenters. The molecule has 0 atom stereocenters. The predicted octanol–water partition coefficient (Wildman–Crippen LogP) is 6.97. The number of benzene rings is 3. The number of rotatable bonds is 9. The van der Waals surface area contributed by atoms with E-state index in [4.69, 9.17) is 11.6 Å². The standard InChI is InChI=1S/C21H17F4N3O2S.C7H4ClFO/c22-14-8-6-13(7-9-14)19(30)26-10-3-11-27-20-28-12-17(31-20)18(29)15-4-1-2-5-16(15)21(23,24)25;8-7(10)5-1-3-6(9)4-2-5/h1-2,4-9,12H,3,10-11H2,(H,26,30)(H,27,28);1-4H. The summed E-state index contributed by atoms with van der Waals surface area (Å²) in [6, 6.07) is 14.8. The number of hydrogen-bond donors (Lipinski definition) is 2. The fourth-order valence-electron chi connectivity index (χ4n) is 3.29. The third-order valence-corrected chi connectivity index (χ3v) is 6.47. The predicted molar refractivity (Wildman–Crippen MR) is 145 cm³/mol. The van der Waals surface area contributed by atoms with Gasteiger partial charge in [-0.2, -0.15) is 13.2 Å². The number of nitrogens with one attached hydrogen (secondary N) is 2. The lowest BCUT2D eigenvalue weighted by molar-refractivity contribution is -0.137. The molecule has 0 radical (unpaired) electrons. The number of ketones is 1. The summed E-state index contributed by atoms with van der Waals surface area (Å²) >= 11 is 6.05. The van der Waals surface area contributed by atoms with Crippen LogP contribution >= 0.6 is 22.9 Å². The van der Waals surface area contributed by atoms with Gasteiger partial charge < -0.3 is 10.6 Å². The Morgan fingerprint density at radius 3 is 2.00 bits per heavy atom. The van der Waals surface area contributed by atoms with Crippen LogP contribution in [0.3, 0.4) is 0 Å². The van der Waals surface area contributed by atoms with E-state index in [1.807, 2.05) is 0 Å². The maximum atomic E-state index is 13.1. The van der Waals surface area contributed by atoms with Crippen LogP contribution < -0.4 is 10.6 Å². The van der Waals surface area contributed by atoms with E-state index in [0.717, 1.165) is 23.5 Å². The highest BCUT2D eigenvalue weighted by Crippen LogP contribution is 2.33. The average molecular weight is 610 g/mol. The molecule has 3 aromatic carbocycles. The summed E-state index contributed by atoms with van der Waals surface area (Å²) in [5, 5.41) is 5.48. The van der Waals surface area contributed by atoms with Gasteiger partial charge in [0.25, 0.3) is 11.1 Å². The molecule has 4 aromatic rings. The molecule has 1 amide bonds. The molecule has 0 spiro atoms. The van der Waals surface area contributed by atoms with Crippen molar-refractivity contribution in [2.45, 2.75) is 12.6 Å². The highest BCUT2D eigenvalue weighted by Gasteiger charge is 2.35. The van der Waals surface area contributed by atoms with Crippen LogP contribution in [0.25, 0.3) is 0 Å². The van der Waals surface area contributed by atoms with Crippen molar-refractivity contribution in [2.75, 3.05) is 18.4 Å². The summed E-state index contributed by atoms with van der Waals surface area (Å²) in [6.45, 7) is 0.767. The van der Waals surface area contributed by atoms with Crippen molar-refractivity contribution < 1.29 is 36.3 Å². The topological polar surface area (TPSA) is 88.2 Å². The number of hydrogen-bond acceptors (Lipinski definition) is 6. The van der Waals surface area contributed by atoms with Crippen LogP contribution in [0.4, 0.5) is 27.1 Å². The lowest BCUT2D eigenvalue weighted by Crippen LogP contribution is -2.25. The number of aromatic nitrogens is 1. The summed E-state index contributed by atoms with van der Waals surface area (Å²) in [7, 11) is 0. The third kappa shape index (κ3) is 9.47. The van der Waals surface area contributed by atoms with Crippen LogP contribution in [0, 0.1) is 11.6 Å². The van der Waals surface area contributed by atoms with Crippen molar-refractivity contribution in [1.82, 2.24) is 10.3 Å². The highest BCUT2D eigenvalue weighted by molar-refractivity contribution is 7.17. The first-order valence-corrected chi connectivity index (χ1v) is 13.0. The molecular weight excluding hydrogens is 589 g/mol. The number of carbonyl (C=O) groups is 3. The molecule has 1 aromatic heterocycles. The maximum absolute atomic E-state index is 13.1. The highest BCUT2D eigenvalue weighted by atomic mass is 35.5. The number of carbonyl (C=O) groups excluding carboxylic acids is 3. The first kappa shape index (κ1) is 31.4. The number of amides is 1. The molecule has 2 N–H and O–H groups in total. The molecule has 0 aliphatic rings. The van der Waals surface area contributed by atoms with E-state index < -0.39 is 34.1 Å². The molecule has 6 nitrogen and oxygen atoms in total. The van der Waals surface area contributed by atoms with Crippen molar-refractivity contribution in [1.29, 1.82) is 0 Å². The molecule has 0 saturated heterocycles.